The van der Waals surface area contributed by atoms with Crippen LogP contribution in [0.4, 0.5) is 0 Å². The van der Waals surface area contributed by atoms with Crippen LogP contribution in [0.1, 0.15) is 31.2 Å². The van der Waals surface area contributed by atoms with Crippen molar-refractivity contribution in [2.45, 2.75) is 38.3 Å². The molecule has 21 heavy (non-hydrogen) atoms. The van der Waals surface area contributed by atoms with Crippen LogP contribution in [0.5, 0.6) is 11.5 Å². The minimum Gasteiger partial charge on any atom is -0.454 e. The Hall–Kier alpha value is -1.27. The van der Waals surface area contributed by atoms with E-state index in [0.29, 0.717) is 12.5 Å². The Balaban J connectivity index is 1.38. The summed E-state index contributed by atoms with van der Waals surface area (Å²) in [4.78, 5) is 11.5. The molecular formula is C15H19BrN2O3. The molecule has 1 amide bonds. The molecule has 0 spiro atoms. The van der Waals surface area contributed by atoms with Crippen molar-refractivity contribution in [2.24, 2.45) is 0 Å². The van der Waals surface area contributed by atoms with Gasteiger partial charge < -0.3 is 20.1 Å². The van der Waals surface area contributed by atoms with Crippen LogP contribution in [0.3, 0.4) is 0 Å². The lowest BCUT2D eigenvalue weighted by Gasteiger charge is -2.08. The van der Waals surface area contributed by atoms with Gasteiger partial charge in [0.15, 0.2) is 11.5 Å². The van der Waals surface area contributed by atoms with Crippen LogP contribution >= 0.6 is 15.9 Å². The van der Waals surface area contributed by atoms with E-state index >= 15 is 0 Å². The van der Waals surface area contributed by atoms with Gasteiger partial charge in [0.1, 0.15) is 0 Å². The summed E-state index contributed by atoms with van der Waals surface area (Å²) in [6.07, 6.45) is 3.72. The van der Waals surface area contributed by atoms with Crippen molar-refractivity contribution < 1.29 is 14.3 Å². The number of rotatable bonds is 7. The highest BCUT2D eigenvalue weighted by Gasteiger charge is 2.22. The molecule has 1 aromatic rings. The number of carbonyl (C=O) groups excluding carboxylic acids is 1. The van der Waals surface area contributed by atoms with Gasteiger partial charge in [0, 0.05) is 23.5 Å². The maximum absolute atomic E-state index is 11.5. The number of ether oxygens (including phenoxy) is 2. The van der Waals surface area contributed by atoms with Crippen molar-refractivity contribution in [1.82, 2.24) is 10.6 Å². The summed E-state index contributed by atoms with van der Waals surface area (Å²) in [6, 6.07) is 4.37. The molecular weight excluding hydrogens is 336 g/mol. The van der Waals surface area contributed by atoms with Gasteiger partial charge in [-0.1, -0.05) is 15.9 Å². The average molecular weight is 355 g/mol. The van der Waals surface area contributed by atoms with Crippen molar-refractivity contribution in [1.29, 1.82) is 0 Å². The zero-order valence-electron chi connectivity index (χ0n) is 11.8. The van der Waals surface area contributed by atoms with Crippen LogP contribution in [0.15, 0.2) is 16.6 Å². The molecule has 2 N–H and O–H groups in total. The lowest BCUT2D eigenvalue weighted by atomic mass is 10.2. The van der Waals surface area contributed by atoms with Crippen LogP contribution in [-0.2, 0) is 11.3 Å². The molecule has 0 bridgehead atoms. The largest absolute Gasteiger partial charge is 0.454 e. The van der Waals surface area contributed by atoms with E-state index in [-0.39, 0.29) is 12.7 Å². The standard InChI is InChI=1S/C15H19BrN2O3/c16-12-7-14-13(20-9-21-14)6-10(12)8-17-5-1-2-15(19)18-11-3-4-11/h6-7,11,17H,1-5,8-9H2,(H,18,19). The summed E-state index contributed by atoms with van der Waals surface area (Å²) in [5, 5.41) is 6.35. The number of amides is 1. The highest BCUT2D eigenvalue weighted by Crippen LogP contribution is 2.36. The van der Waals surface area contributed by atoms with E-state index in [4.69, 9.17) is 9.47 Å². The van der Waals surface area contributed by atoms with E-state index in [0.717, 1.165) is 53.9 Å². The predicted octanol–water partition coefficient (Wildman–Crippen LogP) is 2.33. The van der Waals surface area contributed by atoms with Crippen LogP contribution in [0.25, 0.3) is 0 Å². The van der Waals surface area contributed by atoms with E-state index in [1.807, 2.05) is 12.1 Å². The lowest BCUT2D eigenvalue weighted by Crippen LogP contribution is -2.26. The maximum Gasteiger partial charge on any atom is 0.231 e. The molecule has 0 unspecified atom stereocenters. The number of fused-ring (bicyclic) bond motifs is 1. The molecule has 1 aliphatic carbocycles. The van der Waals surface area contributed by atoms with Gasteiger partial charge in [-0.2, -0.15) is 0 Å². The van der Waals surface area contributed by atoms with Gasteiger partial charge in [-0.15, -0.1) is 0 Å². The van der Waals surface area contributed by atoms with E-state index in [2.05, 4.69) is 26.6 Å². The Kier molecular flexibility index (Phi) is 4.65. The van der Waals surface area contributed by atoms with Crippen LogP contribution < -0.4 is 20.1 Å². The van der Waals surface area contributed by atoms with Crippen molar-refractivity contribution >= 4 is 21.8 Å². The SMILES string of the molecule is O=C(CCCNCc1cc2c(cc1Br)OCO2)NC1CC1. The van der Waals surface area contributed by atoms with Crippen molar-refractivity contribution in [3.05, 3.63) is 22.2 Å². The first kappa shape index (κ1) is 14.7. The number of nitrogens with one attached hydrogen (secondary N) is 2. The smallest absolute Gasteiger partial charge is 0.231 e. The third-order valence-electron chi connectivity index (χ3n) is 3.56. The minimum absolute atomic E-state index is 0.170. The summed E-state index contributed by atoms with van der Waals surface area (Å²) in [5.74, 6) is 1.74. The number of hydrogen-bond acceptors (Lipinski definition) is 4. The third-order valence-corrected chi connectivity index (χ3v) is 4.30. The molecule has 0 atom stereocenters. The number of hydrogen-bond donors (Lipinski definition) is 2. The van der Waals surface area contributed by atoms with Gasteiger partial charge in [0.25, 0.3) is 0 Å². The van der Waals surface area contributed by atoms with E-state index in [1.54, 1.807) is 0 Å². The second kappa shape index (κ2) is 6.66. The quantitative estimate of drug-likeness (QED) is 0.737. The highest BCUT2D eigenvalue weighted by molar-refractivity contribution is 9.10. The number of carbonyl (C=O) groups is 1. The fourth-order valence-corrected chi connectivity index (χ4v) is 2.68. The topological polar surface area (TPSA) is 59.6 Å². The molecule has 0 aromatic heterocycles. The Morgan fingerprint density at radius 3 is 2.81 bits per heavy atom. The molecule has 114 valence electrons. The van der Waals surface area contributed by atoms with Crippen LogP contribution in [0.2, 0.25) is 0 Å². The Morgan fingerprint density at radius 1 is 1.29 bits per heavy atom. The molecule has 1 saturated carbocycles. The second-order valence-corrected chi connectivity index (χ2v) is 6.27. The zero-order valence-corrected chi connectivity index (χ0v) is 13.4. The third kappa shape index (κ3) is 4.11. The van der Waals surface area contributed by atoms with Gasteiger partial charge in [-0.05, 0) is 43.5 Å². The molecule has 2 aliphatic rings. The minimum atomic E-state index is 0.170. The fourth-order valence-electron chi connectivity index (χ4n) is 2.22. The molecule has 3 rings (SSSR count). The molecule has 1 heterocycles. The fraction of sp³-hybridized carbons (Fsp3) is 0.533. The summed E-state index contributed by atoms with van der Waals surface area (Å²) >= 11 is 3.54. The molecule has 1 fully saturated rings. The molecule has 0 radical (unpaired) electrons. The Morgan fingerprint density at radius 2 is 2.05 bits per heavy atom. The van der Waals surface area contributed by atoms with E-state index in [9.17, 15) is 4.79 Å². The molecule has 1 aromatic carbocycles. The average Bonchev–Trinajstić information content (AvgIpc) is 3.15. The molecule has 5 nitrogen and oxygen atoms in total. The van der Waals surface area contributed by atoms with Crippen molar-refractivity contribution in [3.63, 3.8) is 0 Å². The van der Waals surface area contributed by atoms with Crippen molar-refractivity contribution in [2.75, 3.05) is 13.3 Å². The van der Waals surface area contributed by atoms with Gasteiger partial charge in [0.05, 0.1) is 0 Å². The summed E-state index contributed by atoms with van der Waals surface area (Å²) in [5.41, 5.74) is 1.13. The van der Waals surface area contributed by atoms with Gasteiger partial charge in [-0.25, -0.2) is 0 Å². The second-order valence-electron chi connectivity index (χ2n) is 5.42. The van der Waals surface area contributed by atoms with Gasteiger partial charge in [-0.3, -0.25) is 4.79 Å². The van der Waals surface area contributed by atoms with Crippen molar-refractivity contribution in [3.8, 4) is 11.5 Å². The number of benzene rings is 1. The van der Waals surface area contributed by atoms with Crippen LogP contribution in [0, 0.1) is 0 Å². The molecule has 0 saturated heterocycles. The van der Waals surface area contributed by atoms with Gasteiger partial charge in [0.2, 0.25) is 12.7 Å². The first-order valence-electron chi connectivity index (χ1n) is 7.30. The van der Waals surface area contributed by atoms with Gasteiger partial charge >= 0.3 is 0 Å². The highest BCUT2D eigenvalue weighted by atomic mass is 79.9. The summed E-state index contributed by atoms with van der Waals surface area (Å²) in [6.45, 7) is 1.84. The Bertz CT molecular complexity index is 532. The maximum atomic E-state index is 11.5. The number of halogens is 1. The first-order valence-corrected chi connectivity index (χ1v) is 8.10. The normalized spacial score (nSPS) is 16.0. The lowest BCUT2D eigenvalue weighted by molar-refractivity contribution is -0.121. The summed E-state index contributed by atoms with van der Waals surface area (Å²) in [7, 11) is 0. The molecule has 6 heteroatoms. The summed E-state index contributed by atoms with van der Waals surface area (Å²) < 4.78 is 11.7. The monoisotopic (exact) mass is 354 g/mol. The molecule has 1 aliphatic heterocycles. The van der Waals surface area contributed by atoms with E-state index < -0.39 is 0 Å². The van der Waals surface area contributed by atoms with Crippen LogP contribution in [-0.4, -0.2) is 25.3 Å². The zero-order chi connectivity index (χ0) is 14.7. The Labute approximate surface area is 132 Å². The predicted molar refractivity (Wildman–Crippen MR) is 82.4 cm³/mol. The first-order chi connectivity index (χ1) is 10.2. The van der Waals surface area contributed by atoms with E-state index in [1.165, 1.54) is 0 Å².